The molecule has 2 aromatic rings. The predicted molar refractivity (Wildman–Crippen MR) is 85.9 cm³/mol. The number of anilines is 1. The average molecular weight is 318 g/mol. The zero-order chi connectivity index (χ0) is 16.4. The van der Waals surface area contributed by atoms with Gasteiger partial charge in [0.1, 0.15) is 18.0 Å². The minimum Gasteiger partial charge on any atom is -0.481 e. The molecular weight excluding hydrogens is 296 g/mol. The van der Waals surface area contributed by atoms with Crippen LogP contribution in [0.15, 0.2) is 17.2 Å². The molecule has 8 nitrogen and oxygen atoms in total. The van der Waals surface area contributed by atoms with E-state index in [0.29, 0.717) is 12.4 Å². The molecule has 0 saturated carbocycles. The van der Waals surface area contributed by atoms with Gasteiger partial charge in [-0.1, -0.05) is 0 Å². The standard InChI is InChI=1S/C15H22N6O2/c1-4-21-14(18-19(2)15(21)22)11-6-5-7-20(9-11)12-8-13(23-3)17-10-16-12/h8,10-11H,4-7,9H2,1-3H3/t11-/m0/s1. The van der Waals surface area contributed by atoms with Crippen LogP contribution >= 0.6 is 0 Å². The quantitative estimate of drug-likeness (QED) is 0.829. The smallest absolute Gasteiger partial charge is 0.345 e. The summed E-state index contributed by atoms with van der Waals surface area (Å²) in [6.45, 7) is 4.33. The number of methoxy groups -OCH3 is 1. The van der Waals surface area contributed by atoms with Gasteiger partial charge in [-0.05, 0) is 19.8 Å². The highest BCUT2D eigenvalue weighted by molar-refractivity contribution is 5.41. The van der Waals surface area contributed by atoms with Crippen molar-refractivity contribution in [3.05, 3.63) is 28.7 Å². The zero-order valence-corrected chi connectivity index (χ0v) is 13.8. The van der Waals surface area contributed by atoms with E-state index >= 15 is 0 Å². The largest absolute Gasteiger partial charge is 0.481 e. The van der Waals surface area contributed by atoms with Crippen LogP contribution in [0.3, 0.4) is 0 Å². The molecule has 1 saturated heterocycles. The Morgan fingerprint density at radius 2 is 2.22 bits per heavy atom. The van der Waals surface area contributed by atoms with Gasteiger partial charge in [-0.2, -0.15) is 5.10 Å². The van der Waals surface area contributed by atoms with E-state index in [4.69, 9.17) is 4.74 Å². The topological polar surface area (TPSA) is 78.1 Å². The Labute approximate surface area is 134 Å². The van der Waals surface area contributed by atoms with E-state index < -0.39 is 0 Å². The van der Waals surface area contributed by atoms with Crippen molar-refractivity contribution >= 4 is 5.82 Å². The number of nitrogens with zero attached hydrogens (tertiary/aromatic N) is 6. The first-order chi connectivity index (χ1) is 11.1. The molecule has 124 valence electrons. The molecule has 2 aromatic heterocycles. The molecule has 1 atom stereocenters. The number of hydrogen-bond acceptors (Lipinski definition) is 6. The van der Waals surface area contributed by atoms with Crippen LogP contribution in [0.4, 0.5) is 5.82 Å². The third-order valence-corrected chi connectivity index (χ3v) is 4.30. The zero-order valence-electron chi connectivity index (χ0n) is 13.8. The summed E-state index contributed by atoms with van der Waals surface area (Å²) < 4.78 is 8.35. The van der Waals surface area contributed by atoms with Crippen molar-refractivity contribution in [2.75, 3.05) is 25.1 Å². The van der Waals surface area contributed by atoms with Gasteiger partial charge >= 0.3 is 5.69 Å². The molecule has 0 aliphatic carbocycles. The second-order valence-corrected chi connectivity index (χ2v) is 5.71. The van der Waals surface area contributed by atoms with E-state index in [9.17, 15) is 4.79 Å². The third kappa shape index (κ3) is 2.93. The molecule has 3 rings (SSSR count). The van der Waals surface area contributed by atoms with Crippen LogP contribution in [0.1, 0.15) is 31.5 Å². The summed E-state index contributed by atoms with van der Waals surface area (Å²) in [6.07, 6.45) is 3.57. The van der Waals surface area contributed by atoms with Crippen LogP contribution in [0.2, 0.25) is 0 Å². The molecule has 1 fully saturated rings. The number of aryl methyl sites for hydroxylation is 1. The summed E-state index contributed by atoms with van der Waals surface area (Å²) in [7, 11) is 3.30. The Kier molecular flexibility index (Phi) is 4.31. The lowest BCUT2D eigenvalue weighted by Crippen LogP contribution is -2.36. The fraction of sp³-hybridized carbons (Fsp3) is 0.600. The van der Waals surface area contributed by atoms with Gasteiger partial charge in [-0.3, -0.25) is 4.57 Å². The van der Waals surface area contributed by atoms with Gasteiger partial charge in [-0.15, -0.1) is 0 Å². The summed E-state index contributed by atoms with van der Waals surface area (Å²) in [5.74, 6) is 2.49. The maximum Gasteiger partial charge on any atom is 0.345 e. The predicted octanol–water partition coefficient (Wildman–Crippen LogP) is 0.784. The molecule has 1 aliphatic rings. The molecular formula is C15H22N6O2. The van der Waals surface area contributed by atoms with Crippen LogP contribution in [-0.2, 0) is 13.6 Å². The molecule has 8 heteroatoms. The lowest BCUT2D eigenvalue weighted by molar-refractivity contribution is 0.396. The fourth-order valence-electron chi connectivity index (χ4n) is 3.13. The van der Waals surface area contributed by atoms with Crippen molar-refractivity contribution in [3.8, 4) is 5.88 Å². The first kappa shape index (κ1) is 15.5. The van der Waals surface area contributed by atoms with Gasteiger partial charge < -0.3 is 9.64 Å². The van der Waals surface area contributed by atoms with E-state index in [-0.39, 0.29) is 11.6 Å². The molecule has 0 unspecified atom stereocenters. The summed E-state index contributed by atoms with van der Waals surface area (Å²) in [4.78, 5) is 22.7. The van der Waals surface area contributed by atoms with Gasteiger partial charge in [-0.25, -0.2) is 19.4 Å². The second kappa shape index (κ2) is 6.39. The summed E-state index contributed by atoms with van der Waals surface area (Å²) in [5.41, 5.74) is -0.0525. The number of hydrogen-bond donors (Lipinski definition) is 0. The third-order valence-electron chi connectivity index (χ3n) is 4.30. The van der Waals surface area contributed by atoms with E-state index in [1.807, 2.05) is 13.0 Å². The van der Waals surface area contributed by atoms with Gasteiger partial charge in [0.2, 0.25) is 5.88 Å². The average Bonchev–Trinajstić information content (AvgIpc) is 2.89. The minimum atomic E-state index is -0.0525. The monoisotopic (exact) mass is 318 g/mol. The van der Waals surface area contributed by atoms with Gasteiger partial charge in [0.25, 0.3) is 0 Å². The molecule has 23 heavy (non-hydrogen) atoms. The van der Waals surface area contributed by atoms with Crippen molar-refractivity contribution in [2.24, 2.45) is 7.05 Å². The Morgan fingerprint density at radius 1 is 1.39 bits per heavy atom. The van der Waals surface area contributed by atoms with Crippen molar-refractivity contribution in [2.45, 2.75) is 32.2 Å². The highest BCUT2D eigenvalue weighted by Crippen LogP contribution is 2.28. The van der Waals surface area contributed by atoms with Gasteiger partial charge in [0.15, 0.2) is 0 Å². The second-order valence-electron chi connectivity index (χ2n) is 5.71. The van der Waals surface area contributed by atoms with Crippen LogP contribution < -0.4 is 15.3 Å². The van der Waals surface area contributed by atoms with Gasteiger partial charge in [0.05, 0.1) is 7.11 Å². The van der Waals surface area contributed by atoms with Crippen molar-refractivity contribution in [1.29, 1.82) is 0 Å². The van der Waals surface area contributed by atoms with E-state index in [1.54, 1.807) is 18.7 Å². The first-order valence-corrected chi connectivity index (χ1v) is 7.88. The van der Waals surface area contributed by atoms with Crippen LogP contribution in [0.5, 0.6) is 5.88 Å². The normalized spacial score (nSPS) is 18.2. The summed E-state index contributed by atoms with van der Waals surface area (Å²) >= 11 is 0. The van der Waals surface area contributed by atoms with E-state index in [2.05, 4.69) is 20.0 Å². The summed E-state index contributed by atoms with van der Waals surface area (Å²) in [6, 6.07) is 1.84. The van der Waals surface area contributed by atoms with Crippen molar-refractivity contribution in [3.63, 3.8) is 0 Å². The Balaban J connectivity index is 1.86. The van der Waals surface area contributed by atoms with Gasteiger partial charge in [0, 0.05) is 38.7 Å². The van der Waals surface area contributed by atoms with Crippen molar-refractivity contribution in [1.82, 2.24) is 24.3 Å². The molecule has 0 aromatic carbocycles. The Hall–Kier alpha value is -2.38. The van der Waals surface area contributed by atoms with Crippen molar-refractivity contribution < 1.29 is 4.74 Å². The number of aromatic nitrogens is 5. The number of rotatable bonds is 4. The highest BCUT2D eigenvalue weighted by atomic mass is 16.5. The molecule has 1 aliphatic heterocycles. The summed E-state index contributed by atoms with van der Waals surface area (Å²) in [5, 5.41) is 4.45. The molecule has 0 spiro atoms. The lowest BCUT2D eigenvalue weighted by atomic mass is 9.97. The van der Waals surface area contributed by atoms with Crippen LogP contribution in [0.25, 0.3) is 0 Å². The molecule has 3 heterocycles. The Morgan fingerprint density at radius 3 is 2.96 bits per heavy atom. The lowest BCUT2D eigenvalue weighted by Gasteiger charge is -2.33. The first-order valence-electron chi connectivity index (χ1n) is 7.88. The maximum atomic E-state index is 12.1. The molecule has 0 bridgehead atoms. The Bertz CT molecular complexity index is 738. The number of ether oxygens (including phenoxy) is 1. The van der Waals surface area contributed by atoms with Crippen LogP contribution in [0, 0.1) is 0 Å². The van der Waals surface area contributed by atoms with E-state index in [0.717, 1.165) is 37.6 Å². The molecule has 0 radical (unpaired) electrons. The molecule has 0 N–H and O–H groups in total. The maximum absolute atomic E-state index is 12.1. The SMILES string of the molecule is CCn1c([C@H]2CCCN(c3cc(OC)ncn3)C2)nn(C)c1=O. The van der Waals surface area contributed by atoms with Crippen LogP contribution in [-0.4, -0.2) is 44.5 Å². The highest BCUT2D eigenvalue weighted by Gasteiger charge is 2.27. The van der Waals surface area contributed by atoms with E-state index in [1.165, 1.54) is 11.0 Å². The number of piperidine rings is 1. The minimum absolute atomic E-state index is 0.0525. The molecule has 0 amide bonds. The fourth-order valence-corrected chi connectivity index (χ4v) is 3.13.